The van der Waals surface area contributed by atoms with Crippen molar-refractivity contribution in [3.05, 3.63) is 0 Å². The van der Waals surface area contributed by atoms with Crippen molar-refractivity contribution in [1.29, 1.82) is 0 Å². The van der Waals surface area contributed by atoms with E-state index in [1.54, 1.807) is 0 Å². The van der Waals surface area contributed by atoms with Gasteiger partial charge in [-0.05, 0) is 55.9 Å². The molecule has 2 fully saturated rings. The van der Waals surface area contributed by atoms with Crippen LogP contribution in [-0.2, 0) is 4.79 Å². The van der Waals surface area contributed by atoms with Gasteiger partial charge in [-0.1, -0.05) is 0 Å². The van der Waals surface area contributed by atoms with E-state index in [0.29, 0.717) is 11.8 Å². The van der Waals surface area contributed by atoms with Crippen molar-refractivity contribution in [2.45, 2.75) is 38.1 Å². The van der Waals surface area contributed by atoms with E-state index in [9.17, 15) is 4.79 Å². The Hall–Kier alpha value is -0.220. The maximum Gasteiger partial charge on any atom is 0.224 e. The summed E-state index contributed by atoms with van der Waals surface area (Å²) in [6.07, 6.45) is 8.03. The predicted molar refractivity (Wildman–Crippen MR) is 72.9 cm³/mol. The average molecular weight is 256 g/mol. The van der Waals surface area contributed by atoms with Crippen LogP contribution in [0.1, 0.15) is 32.1 Å². The summed E-state index contributed by atoms with van der Waals surface area (Å²) >= 11 is 1.86. The number of nitrogens with two attached hydrogens (primary N) is 1. The SMILES string of the molecule is CSCCCCNC(=O)[C@H]1[C@H]2CC[C@@H](C2)[C@@H]1N. The fourth-order valence-corrected chi connectivity index (χ4v) is 3.92. The van der Waals surface area contributed by atoms with Crippen molar-refractivity contribution in [2.24, 2.45) is 23.5 Å². The normalized spacial score (nSPS) is 35.2. The fourth-order valence-electron chi connectivity index (χ4n) is 3.43. The number of unbranched alkanes of at least 4 members (excludes halogenated alkanes) is 1. The number of carbonyl (C=O) groups is 1. The highest BCUT2D eigenvalue weighted by atomic mass is 32.2. The molecule has 2 aliphatic rings. The smallest absolute Gasteiger partial charge is 0.224 e. The van der Waals surface area contributed by atoms with E-state index in [4.69, 9.17) is 5.73 Å². The van der Waals surface area contributed by atoms with Gasteiger partial charge in [0.05, 0.1) is 5.92 Å². The van der Waals surface area contributed by atoms with Crippen LogP contribution < -0.4 is 11.1 Å². The lowest BCUT2D eigenvalue weighted by molar-refractivity contribution is -0.127. The molecule has 0 unspecified atom stereocenters. The van der Waals surface area contributed by atoms with Crippen LogP contribution in [0, 0.1) is 17.8 Å². The third-order valence-corrected chi connectivity index (χ3v) is 5.05. The molecule has 2 saturated carbocycles. The lowest BCUT2D eigenvalue weighted by atomic mass is 9.84. The van der Waals surface area contributed by atoms with Gasteiger partial charge in [-0.25, -0.2) is 0 Å². The van der Waals surface area contributed by atoms with E-state index in [2.05, 4.69) is 11.6 Å². The largest absolute Gasteiger partial charge is 0.356 e. The maximum atomic E-state index is 12.1. The number of hydrogen-bond acceptors (Lipinski definition) is 3. The second-order valence-electron chi connectivity index (χ2n) is 5.43. The Bertz CT molecular complexity index is 270. The van der Waals surface area contributed by atoms with Gasteiger partial charge in [-0.15, -0.1) is 0 Å². The molecule has 0 heterocycles. The summed E-state index contributed by atoms with van der Waals surface area (Å²) in [5.41, 5.74) is 6.15. The van der Waals surface area contributed by atoms with E-state index < -0.39 is 0 Å². The molecule has 0 spiro atoms. The van der Waals surface area contributed by atoms with Crippen molar-refractivity contribution in [3.63, 3.8) is 0 Å². The molecular formula is C13H24N2OS. The minimum Gasteiger partial charge on any atom is -0.356 e. The molecule has 3 nitrogen and oxygen atoms in total. The van der Waals surface area contributed by atoms with Gasteiger partial charge < -0.3 is 11.1 Å². The molecule has 2 aliphatic carbocycles. The monoisotopic (exact) mass is 256 g/mol. The van der Waals surface area contributed by atoms with Crippen LogP contribution in [0.2, 0.25) is 0 Å². The highest BCUT2D eigenvalue weighted by Gasteiger charge is 2.48. The maximum absolute atomic E-state index is 12.1. The topological polar surface area (TPSA) is 55.1 Å². The van der Waals surface area contributed by atoms with Gasteiger partial charge in [0.25, 0.3) is 0 Å². The van der Waals surface area contributed by atoms with E-state index in [1.165, 1.54) is 31.4 Å². The first-order valence-corrected chi connectivity index (χ1v) is 8.15. The summed E-state index contributed by atoms with van der Waals surface area (Å²) in [4.78, 5) is 12.1. The zero-order chi connectivity index (χ0) is 12.3. The fraction of sp³-hybridized carbons (Fsp3) is 0.923. The second kappa shape index (κ2) is 6.10. The molecule has 4 atom stereocenters. The van der Waals surface area contributed by atoms with E-state index in [0.717, 1.165) is 13.0 Å². The Balaban J connectivity index is 1.69. The molecule has 1 amide bonds. The lowest BCUT2D eigenvalue weighted by Gasteiger charge is -2.27. The van der Waals surface area contributed by atoms with Crippen molar-refractivity contribution in [1.82, 2.24) is 5.32 Å². The quantitative estimate of drug-likeness (QED) is 0.710. The first kappa shape index (κ1) is 13.2. The molecule has 98 valence electrons. The summed E-state index contributed by atoms with van der Waals surface area (Å²) in [5.74, 6) is 2.69. The average Bonchev–Trinajstić information content (AvgIpc) is 2.89. The third kappa shape index (κ3) is 2.97. The molecule has 2 bridgehead atoms. The van der Waals surface area contributed by atoms with Gasteiger partial charge in [-0.3, -0.25) is 4.79 Å². The third-order valence-electron chi connectivity index (χ3n) is 4.36. The lowest BCUT2D eigenvalue weighted by Crippen LogP contribution is -2.45. The molecule has 0 aliphatic heterocycles. The van der Waals surface area contributed by atoms with E-state index in [1.807, 2.05) is 11.8 Å². The number of amides is 1. The van der Waals surface area contributed by atoms with Crippen LogP contribution in [0.15, 0.2) is 0 Å². The summed E-state index contributed by atoms with van der Waals surface area (Å²) in [7, 11) is 0. The first-order valence-electron chi connectivity index (χ1n) is 6.76. The molecule has 0 aromatic carbocycles. The molecule has 0 saturated heterocycles. The number of nitrogens with one attached hydrogen (secondary N) is 1. The summed E-state index contributed by atoms with van der Waals surface area (Å²) < 4.78 is 0. The van der Waals surface area contributed by atoms with Gasteiger partial charge >= 0.3 is 0 Å². The summed E-state index contributed by atoms with van der Waals surface area (Å²) in [5, 5.41) is 3.07. The van der Waals surface area contributed by atoms with Crippen molar-refractivity contribution >= 4 is 17.7 Å². The number of carbonyl (C=O) groups excluding carboxylic acids is 1. The van der Waals surface area contributed by atoms with Crippen LogP contribution in [0.5, 0.6) is 0 Å². The van der Waals surface area contributed by atoms with Gasteiger partial charge in [0.2, 0.25) is 5.91 Å². The Labute approximate surface area is 108 Å². The standard InChI is InChI=1S/C13H24N2OS/c1-17-7-3-2-6-15-13(16)11-9-4-5-10(8-9)12(11)14/h9-12H,2-8,14H2,1H3,(H,15,16)/t9-,10-,11-,12-/m0/s1. The molecule has 17 heavy (non-hydrogen) atoms. The number of rotatable bonds is 6. The van der Waals surface area contributed by atoms with Crippen molar-refractivity contribution in [3.8, 4) is 0 Å². The van der Waals surface area contributed by atoms with Crippen LogP contribution in [0.3, 0.4) is 0 Å². The molecule has 0 aromatic rings. The first-order chi connectivity index (χ1) is 8.24. The Morgan fingerprint density at radius 3 is 2.76 bits per heavy atom. The number of fused-ring (bicyclic) bond motifs is 2. The Kier molecular flexibility index (Phi) is 4.74. The molecule has 2 rings (SSSR count). The predicted octanol–water partition coefficient (Wildman–Crippen LogP) is 1.62. The van der Waals surface area contributed by atoms with Crippen LogP contribution >= 0.6 is 11.8 Å². The molecule has 0 aromatic heterocycles. The number of hydrogen-bond donors (Lipinski definition) is 2. The zero-order valence-electron chi connectivity index (χ0n) is 10.7. The van der Waals surface area contributed by atoms with Crippen LogP contribution in [-0.4, -0.2) is 30.5 Å². The molecule has 0 radical (unpaired) electrons. The van der Waals surface area contributed by atoms with Gasteiger partial charge in [0.15, 0.2) is 0 Å². The number of thioether (sulfide) groups is 1. The van der Waals surface area contributed by atoms with Crippen LogP contribution in [0.4, 0.5) is 0 Å². The Morgan fingerprint density at radius 2 is 2.12 bits per heavy atom. The second-order valence-corrected chi connectivity index (χ2v) is 6.41. The molecule has 4 heteroatoms. The summed E-state index contributed by atoms with van der Waals surface area (Å²) in [6.45, 7) is 0.819. The summed E-state index contributed by atoms with van der Waals surface area (Å²) in [6, 6.07) is 0.125. The van der Waals surface area contributed by atoms with Crippen molar-refractivity contribution in [2.75, 3.05) is 18.6 Å². The minimum atomic E-state index is 0.106. The molecular weight excluding hydrogens is 232 g/mol. The minimum absolute atomic E-state index is 0.106. The van der Waals surface area contributed by atoms with Crippen molar-refractivity contribution < 1.29 is 4.79 Å². The van der Waals surface area contributed by atoms with Gasteiger partial charge in [-0.2, -0.15) is 11.8 Å². The Morgan fingerprint density at radius 1 is 1.35 bits per heavy atom. The highest BCUT2D eigenvalue weighted by molar-refractivity contribution is 7.98. The van der Waals surface area contributed by atoms with E-state index >= 15 is 0 Å². The highest BCUT2D eigenvalue weighted by Crippen LogP contribution is 2.47. The van der Waals surface area contributed by atoms with Gasteiger partial charge in [0.1, 0.15) is 0 Å². The zero-order valence-corrected chi connectivity index (χ0v) is 11.5. The van der Waals surface area contributed by atoms with Crippen LogP contribution in [0.25, 0.3) is 0 Å². The molecule has 3 N–H and O–H groups in total. The van der Waals surface area contributed by atoms with E-state index in [-0.39, 0.29) is 17.9 Å². The van der Waals surface area contributed by atoms with Gasteiger partial charge in [0, 0.05) is 12.6 Å².